The van der Waals surface area contributed by atoms with Crippen LogP contribution in [-0.4, -0.2) is 48.7 Å². The number of nitrogens with zero attached hydrogens (tertiary/aromatic N) is 5. The average Bonchev–Trinajstić information content (AvgIpc) is 3.28. The number of anilines is 1. The fourth-order valence-electron chi connectivity index (χ4n) is 3.53. The summed E-state index contributed by atoms with van der Waals surface area (Å²) >= 11 is 1.31. The lowest BCUT2D eigenvalue weighted by Crippen LogP contribution is -2.29. The number of aliphatic imine (C=N–C) groups is 2. The van der Waals surface area contributed by atoms with Gasteiger partial charge in [-0.2, -0.15) is 5.10 Å². The SMILES string of the molecule is COc1ccc(N2C(=O)CS/C2=N/N=C\c2ccc(C(N)=NC=Nc3ccc(OC(F)(F)F)cc3)cc2)c(C)c1. The number of hydrogen-bond acceptors (Lipinski definition) is 7. The highest BCUT2D eigenvalue weighted by Gasteiger charge is 2.31. The normalized spacial score (nSPS) is 15.5. The Morgan fingerprint density at radius 3 is 2.40 bits per heavy atom. The number of amides is 1. The number of amidine groups is 2. The van der Waals surface area contributed by atoms with Gasteiger partial charge in [-0.25, -0.2) is 9.98 Å². The minimum Gasteiger partial charge on any atom is -0.497 e. The highest BCUT2D eigenvalue weighted by molar-refractivity contribution is 8.15. The molecule has 40 heavy (non-hydrogen) atoms. The highest BCUT2D eigenvalue weighted by Crippen LogP contribution is 2.31. The van der Waals surface area contributed by atoms with Crippen LogP contribution in [0, 0.1) is 6.92 Å². The quantitative estimate of drug-likeness (QED) is 0.221. The monoisotopic (exact) mass is 568 g/mol. The third-order valence-corrected chi connectivity index (χ3v) is 6.35. The van der Waals surface area contributed by atoms with Crippen LogP contribution in [0.3, 0.4) is 0 Å². The maximum Gasteiger partial charge on any atom is 0.573 e. The Balaban J connectivity index is 1.38. The molecule has 1 aliphatic rings. The van der Waals surface area contributed by atoms with E-state index in [1.54, 1.807) is 48.6 Å². The predicted molar refractivity (Wildman–Crippen MR) is 151 cm³/mol. The third-order valence-electron chi connectivity index (χ3n) is 5.44. The molecule has 0 radical (unpaired) electrons. The van der Waals surface area contributed by atoms with E-state index >= 15 is 0 Å². The molecule has 1 saturated heterocycles. The van der Waals surface area contributed by atoms with Gasteiger partial charge in [0, 0.05) is 5.56 Å². The molecule has 1 heterocycles. The van der Waals surface area contributed by atoms with Gasteiger partial charge in [0.1, 0.15) is 23.7 Å². The van der Waals surface area contributed by atoms with Crippen LogP contribution in [-0.2, 0) is 4.79 Å². The van der Waals surface area contributed by atoms with E-state index in [-0.39, 0.29) is 23.2 Å². The van der Waals surface area contributed by atoms with Crippen molar-refractivity contribution in [3.05, 3.63) is 83.4 Å². The average molecular weight is 569 g/mol. The van der Waals surface area contributed by atoms with Crippen molar-refractivity contribution < 1.29 is 27.4 Å². The summed E-state index contributed by atoms with van der Waals surface area (Å²) in [6.07, 6.45) is -2.00. The number of hydrogen-bond donors (Lipinski definition) is 1. The van der Waals surface area contributed by atoms with Crippen molar-refractivity contribution in [1.29, 1.82) is 0 Å². The maximum absolute atomic E-state index is 12.5. The molecule has 0 aromatic heterocycles. The first-order valence-electron chi connectivity index (χ1n) is 11.7. The first kappa shape index (κ1) is 28.4. The van der Waals surface area contributed by atoms with Gasteiger partial charge >= 0.3 is 6.36 Å². The Labute approximate surface area is 231 Å². The fraction of sp³-hybridized carbons (Fsp3) is 0.148. The first-order valence-corrected chi connectivity index (χ1v) is 12.6. The van der Waals surface area contributed by atoms with E-state index < -0.39 is 6.36 Å². The number of carbonyl (C=O) groups excluding carboxylic acids is 1. The van der Waals surface area contributed by atoms with Gasteiger partial charge in [0.05, 0.1) is 30.5 Å². The van der Waals surface area contributed by atoms with Crippen molar-refractivity contribution >= 4 is 52.6 Å². The molecule has 1 amide bonds. The van der Waals surface area contributed by atoms with Gasteiger partial charge in [-0.1, -0.05) is 36.0 Å². The van der Waals surface area contributed by atoms with Crippen LogP contribution < -0.4 is 20.1 Å². The summed E-state index contributed by atoms with van der Waals surface area (Å²) in [6, 6.07) is 17.5. The molecule has 2 N–H and O–H groups in total. The van der Waals surface area contributed by atoms with E-state index in [1.165, 1.54) is 30.2 Å². The molecule has 1 fully saturated rings. The molecule has 0 unspecified atom stereocenters. The van der Waals surface area contributed by atoms with E-state index in [0.29, 0.717) is 22.2 Å². The van der Waals surface area contributed by atoms with Crippen LogP contribution >= 0.6 is 11.8 Å². The minimum absolute atomic E-state index is 0.0812. The number of ether oxygens (including phenoxy) is 2. The van der Waals surface area contributed by atoms with Gasteiger partial charge in [0.15, 0.2) is 5.17 Å². The Bertz CT molecular complexity index is 1490. The smallest absolute Gasteiger partial charge is 0.497 e. The predicted octanol–water partition coefficient (Wildman–Crippen LogP) is 5.44. The molecule has 0 bridgehead atoms. The van der Waals surface area contributed by atoms with Crippen LogP contribution in [0.1, 0.15) is 16.7 Å². The van der Waals surface area contributed by atoms with Crippen LogP contribution in [0.5, 0.6) is 11.5 Å². The van der Waals surface area contributed by atoms with Crippen molar-refractivity contribution in [2.45, 2.75) is 13.3 Å². The van der Waals surface area contributed by atoms with Gasteiger partial charge < -0.3 is 15.2 Å². The van der Waals surface area contributed by atoms with Crippen LogP contribution in [0.15, 0.2) is 86.9 Å². The molecule has 4 rings (SSSR count). The zero-order valence-electron chi connectivity index (χ0n) is 21.3. The number of nitrogens with two attached hydrogens (primary N) is 1. The summed E-state index contributed by atoms with van der Waals surface area (Å²) in [4.78, 5) is 22.2. The number of carbonyl (C=O) groups is 1. The van der Waals surface area contributed by atoms with Gasteiger partial charge in [0.2, 0.25) is 5.91 Å². The van der Waals surface area contributed by atoms with Crippen molar-refractivity contribution in [1.82, 2.24) is 0 Å². The minimum atomic E-state index is -4.76. The molecule has 9 nitrogen and oxygen atoms in total. The third kappa shape index (κ3) is 7.47. The fourth-order valence-corrected chi connectivity index (χ4v) is 4.35. The molecule has 3 aromatic rings. The molecular weight excluding hydrogens is 545 g/mol. The molecule has 206 valence electrons. The van der Waals surface area contributed by atoms with E-state index in [0.717, 1.165) is 28.9 Å². The zero-order chi connectivity index (χ0) is 28.7. The van der Waals surface area contributed by atoms with E-state index in [2.05, 4.69) is 24.9 Å². The van der Waals surface area contributed by atoms with Crippen molar-refractivity contribution in [2.75, 3.05) is 17.8 Å². The molecular formula is C27H23F3N6O3S. The van der Waals surface area contributed by atoms with Gasteiger partial charge in [-0.05, 0) is 60.5 Å². The summed E-state index contributed by atoms with van der Waals surface area (Å²) < 4.78 is 45.8. The Kier molecular flexibility index (Phi) is 8.84. The second kappa shape index (κ2) is 12.5. The number of aryl methyl sites for hydroxylation is 1. The van der Waals surface area contributed by atoms with E-state index in [1.807, 2.05) is 19.1 Å². The molecule has 0 saturated carbocycles. The maximum atomic E-state index is 12.5. The van der Waals surface area contributed by atoms with Crippen molar-refractivity contribution in [3.63, 3.8) is 0 Å². The zero-order valence-corrected chi connectivity index (χ0v) is 22.1. The lowest BCUT2D eigenvalue weighted by atomic mass is 10.1. The number of thioether (sulfide) groups is 1. The number of benzene rings is 3. The number of alkyl halides is 3. The molecule has 1 aliphatic heterocycles. The molecule has 13 heteroatoms. The number of rotatable bonds is 8. The summed E-state index contributed by atoms with van der Waals surface area (Å²) in [5.74, 6) is 0.739. The van der Waals surface area contributed by atoms with E-state index in [4.69, 9.17) is 10.5 Å². The Morgan fingerprint density at radius 2 is 1.75 bits per heavy atom. The highest BCUT2D eigenvalue weighted by atomic mass is 32.2. The van der Waals surface area contributed by atoms with Crippen LogP contribution in [0.4, 0.5) is 24.5 Å². The summed E-state index contributed by atoms with van der Waals surface area (Å²) in [6.45, 7) is 1.89. The summed E-state index contributed by atoms with van der Waals surface area (Å²) in [7, 11) is 1.58. The van der Waals surface area contributed by atoms with Crippen molar-refractivity contribution in [3.8, 4) is 11.5 Å². The second-order valence-electron chi connectivity index (χ2n) is 8.22. The molecule has 3 aromatic carbocycles. The van der Waals surface area contributed by atoms with Gasteiger partial charge in [-0.15, -0.1) is 18.3 Å². The van der Waals surface area contributed by atoms with Gasteiger partial charge in [-0.3, -0.25) is 9.69 Å². The number of halogens is 3. The summed E-state index contributed by atoms with van der Waals surface area (Å²) in [5, 5.41) is 8.88. The Morgan fingerprint density at radius 1 is 1.05 bits per heavy atom. The number of methoxy groups -OCH3 is 1. The first-order chi connectivity index (χ1) is 19.1. The molecule has 0 spiro atoms. The lowest BCUT2D eigenvalue weighted by molar-refractivity contribution is -0.274. The van der Waals surface area contributed by atoms with Gasteiger partial charge in [0.25, 0.3) is 0 Å². The van der Waals surface area contributed by atoms with Crippen LogP contribution in [0.25, 0.3) is 0 Å². The molecule has 0 aliphatic carbocycles. The Hall–Kier alpha value is -4.65. The summed E-state index contributed by atoms with van der Waals surface area (Å²) in [5.41, 5.74) is 9.36. The topological polar surface area (TPSA) is 114 Å². The van der Waals surface area contributed by atoms with E-state index in [9.17, 15) is 18.0 Å². The van der Waals surface area contributed by atoms with Crippen molar-refractivity contribution in [2.24, 2.45) is 25.9 Å². The van der Waals surface area contributed by atoms with Crippen LogP contribution in [0.2, 0.25) is 0 Å². The largest absolute Gasteiger partial charge is 0.573 e. The molecule has 0 atom stereocenters. The lowest BCUT2D eigenvalue weighted by Gasteiger charge is -2.18. The second-order valence-corrected chi connectivity index (χ2v) is 9.16. The standard InChI is InChI=1S/C27H23F3N6O3S/c1-17-13-22(38-2)11-12-23(17)36-24(37)15-40-26(36)35-34-14-18-3-5-19(6-4-18)25(31)33-16-32-20-7-9-21(10-8-20)39-27(28,29)30/h3-14,16H,15H2,1-2H3,(H2,31,32,33)/b34-14-,35-26+.